The summed E-state index contributed by atoms with van der Waals surface area (Å²) >= 11 is 5.70. The molecule has 3 aromatic rings. The minimum atomic E-state index is -4.67. The minimum absolute atomic E-state index is 0.0768. The fourth-order valence-corrected chi connectivity index (χ4v) is 3.23. The Morgan fingerprint density at radius 1 is 1.00 bits per heavy atom. The van der Waals surface area contributed by atoms with Gasteiger partial charge in [0.25, 0.3) is 5.91 Å². The van der Waals surface area contributed by atoms with E-state index in [2.05, 4.69) is 5.32 Å². The molecule has 1 N–H and O–H groups in total. The Hall–Kier alpha value is -3.19. The zero-order chi connectivity index (χ0) is 23.3. The van der Waals surface area contributed by atoms with Gasteiger partial charge in [0.15, 0.2) is 0 Å². The first-order valence-electron chi connectivity index (χ1n) is 9.81. The van der Waals surface area contributed by atoms with Gasteiger partial charge in [0, 0.05) is 16.1 Å². The molecule has 0 aromatic heterocycles. The average molecular weight is 464 g/mol. The van der Waals surface area contributed by atoms with Crippen LogP contribution in [-0.2, 0) is 12.8 Å². The van der Waals surface area contributed by atoms with Crippen LogP contribution in [0, 0.1) is 6.92 Å². The van der Waals surface area contributed by atoms with Crippen LogP contribution in [0.2, 0.25) is 5.02 Å². The van der Waals surface area contributed by atoms with Crippen LogP contribution in [0.5, 0.6) is 11.5 Å². The van der Waals surface area contributed by atoms with E-state index in [-0.39, 0.29) is 22.9 Å². The fourth-order valence-electron chi connectivity index (χ4n) is 3.06. The van der Waals surface area contributed by atoms with Crippen molar-refractivity contribution in [3.63, 3.8) is 0 Å². The molecule has 8 heteroatoms. The standard InChI is InChI=1S/C24H21ClF3NO3/c1-3-31-22-11-8-16(12-17(22)14-32-21-7-5-4-6-15(21)2)23(30)29-20-10-9-18(25)13-19(20)24(26,27)28/h4-13H,3,14H2,1-2H3,(H,29,30). The molecule has 1 amide bonds. The molecule has 0 saturated carbocycles. The quantitative estimate of drug-likeness (QED) is 0.414. The predicted molar refractivity (Wildman–Crippen MR) is 118 cm³/mol. The van der Waals surface area contributed by atoms with Crippen LogP contribution in [0.25, 0.3) is 0 Å². The van der Waals surface area contributed by atoms with Crippen LogP contribution < -0.4 is 14.8 Å². The Morgan fingerprint density at radius 2 is 1.75 bits per heavy atom. The Morgan fingerprint density at radius 3 is 2.44 bits per heavy atom. The van der Waals surface area contributed by atoms with Crippen molar-refractivity contribution in [3.05, 3.63) is 87.9 Å². The smallest absolute Gasteiger partial charge is 0.418 e. The van der Waals surface area contributed by atoms with Crippen molar-refractivity contribution in [1.82, 2.24) is 0 Å². The summed E-state index contributed by atoms with van der Waals surface area (Å²) in [6.07, 6.45) is -4.67. The van der Waals surface area contributed by atoms with E-state index in [1.807, 2.05) is 38.1 Å². The van der Waals surface area contributed by atoms with E-state index < -0.39 is 17.6 Å². The van der Waals surface area contributed by atoms with Crippen LogP contribution in [0.15, 0.2) is 60.7 Å². The monoisotopic (exact) mass is 463 g/mol. The maximum atomic E-state index is 13.3. The third kappa shape index (κ3) is 5.73. The largest absolute Gasteiger partial charge is 0.493 e. The van der Waals surface area contributed by atoms with E-state index in [0.717, 1.165) is 17.7 Å². The third-order valence-electron chi connectivity index (χ3n) is 4.63. The molecule has 0 saturated heterocycles. The third-order valence-corrected chi connectivity index (χ3v) is 4.87. The molecule has 0 aliphatic heterocycles. The predicted octanol–water partition coefficient (Wildman–Crippen LogP) is 6.90. The molecule has 0 aliphatic rings. The van der Waals surface area contributed by atoms with Crippen molar-refractivity contribution >= 4 is 23.2 Å². The number of hydrogen-bond donors (Lipinski definition) is 1. The molecule has 0 bridgehead atoms. The molecule has 0 atom stereocenters. The lowest BCUT2D eigenvalue weighted by atomic mass is 10.1. The van der Waals surface area contributed by atoms with E-state index in [1.54, 1.807) is 12.1 Å². The van der Waals surface area contributed by atoms with Gasteiger partial charge in [-0.25, -0.2) is 0 Å². The maximum Gasteiger partial charge on any atom is 0.418 e. The van der Waals surface area contributed by atoms with Crippen LogP contribution in [0.1, 0.15) is 34.0 Å². The summed E-state index contributed by atoms with van der Waals surface area (Å²) in [7, 11) is 0. The van der Waals surface area contributed by atoms with Crippen molar-refractivity contribution in [3.8, 4) is 11.5 Å². The lowest BCUT2D eigenvalue weighted by Crippen LogP contribution is -2.17. The molecule has 0 radical (unpaired) electrons. The number of para-hydroxylation sites is 1. The number of rotatable bonds is 7. The van der Waals surface area contributed by atoms with Crippen molar-refractivity contribution in [1.29, 1.82) is 0 Å². The fraction of sp³-hybridized carbons (Fsp3) is 0.208. The highest BCUT2D eigenvalue weighted by Crippen LogP contribution is 2.36. The molecule has 4 nitrogen and oxygen atoms in total. The van der Waals surface area contributed by atoms with Crippen molar-refractivity contribution in [2.45, 2.75) is 26.6 Å². The van der Waals surface area contributed by atoms with Crippen molar-refractivity contribution in [2.24, 2.45) is 0 Å². The van der Waals surface area contributed by atoms with Gasteiger partial charge < -0.3 is 14.8 Å². The highest BCUT2D eigenvalue weighted by atomic mass is 35.5. The number of alkyl halides is 3. The minimum Gasteiger partial charge on any atom is -0.493 e. The lowest BCUT2D eigenvalue weighted by molar-refractivity contribution is -0.136. The Bertz CT molecular complexity index is 1120. The van der Waals surface area contributed by atoms with Gasteiger partial charge >= 0.3 is 6.18 Å². The first kappa shape index (κ1) is 23.5. The molecule has 0 fully saturated rings. The summed E-state index contributed by atoms with van der Waals surface area (Å²) in [6.45, 7) is 4.26. The molecule has 0 spiro atoms. The van der Waals surface area contributed by atoms with E-state index in [1.165, 1.54) is 12.1 Å². The van der Waals surface area contributed by atoms with E-state index in [9.17, 15) is 18.0 Å². The van der Waals surface area contributed by atoms with Crippen LogP contribution in [-0.4, -0.2) is 12.5 Å². The second kappa shape index (κ2) is 9.96. The van der Waals surface area contributed by atoms with Gasteiger partial charge in [0.05, 0.1) is 17.9 Å². The summed E-state index contributed by atoms with van der Waals surface area (Å²) in [6, 6.07) is 15.3. The van der Waals surface area contributed by atoms with Crippen molar-refractivity contribution < 1.29 is 27.4 Å². The molecular weight excluding hydrogens is 443 g/mol. The molecule has 0 heterocycles. The molecule has 168 valence electrons. The van der Waals surface area contributed by atoms with Gasteiger partial charge in [0.2, 0.25) is 0 Å². The number of amides is 1. The first-order chi connectivity index (χ1) is 15.2. The highest BCUT2D eigenvalue weighted by molar-refractivity contribution is 6.30. The van der Waals surface area contributed by atoms with Gasteiger partial charge in [-0.3, -0.25) is 4.79 Å². The number of anilines is 1. The number of carbonyl (C=O) groups is 1. The lowest BCUT2D eigenvalue weighted by Gasteiger charge is -2.16. The number of hydrogen-bond acceptors (Lipinski definition) is 3. The zero-order valence-corrected chi connectivity index (χ0v) is 18.2. The molecule has 0 aliphatic carbocycles. The number of benzene rings is 3. The van der Waals surface area contributed by atoms with Gasteiger partial charge in [0.1, 0.15) is 18.1 Å². The highest BCUT2D eigenvalue weighted by Gasteiger charge is 2.34. The second-order valence-corrected chi connectivity index (χ2v) is 7.39. The van der Waals surface area contributed by atoms with Crippen molar-refractivity contribution in [2.75, 3.05) is 11.9 Å². The molecule has 32 heavy (non-hydrogen) atoms. The van der Waals surface area contributed by atoms with Gasteiger partial charge in [-0.05, 0) is 61.9 Å². The SMILES string of the molecule is CCOc1ccc(C(=O)Nc2ccc(Cl)cc2C(F)(F)F)cc1COc1ccccc1C. The van der Waals surface area contributed by atoms with E-state index in [0.29, 0.717) is 23.7 Å². The summed E-state index contributed by atoms with van der Waals surface area (Å²) in [5, 5.41) is 2.25. The summed E-state index contributed by atoms with van der Waals surface area (Å²) in [5.41, 5.74) is 0.308. The number of nitrogens with one attached hydrogen (secondary N) is 1. The molecular formula is C24H21ClF3NO3. The maximum absolute atomic E-state index is 13.3. The Balaban J connectivity index is 1.86. The first-order valence-corrected chi connectivity index (χ1v) is 10.2. The second-order valence-electron chi connectivity index (χ2n) is 6.95. The zero-order valence-electron chi connectivity index (χ0n) is 17.4. The molecule has 3 aromatic carbocycles. The number of aryl methyl sites for hydroxylation is 1. The summed E-state index contributed by atoms with van der Waals surface area (Å²) < 4.78 is 51.5. The van der Waals surface area contributed by atoms with Crippen LogP contribution in [0.3, 0.4) is 0 Å². The molecule has 3 rings (SSSR count). The number of ether oxygens (including phenoxy) is 2. The van der Waals surface area contributed by atoms with Gasteiger partial charge in [-0.1, -0.05) is 29.8 Å². The van der Waals surface area contributed by atoms with E-state index in [4.69, 9.17) is 21.1 Å². The summed E-state index contributed by atoms with van der Waals surface area (Å²) in [4.78, 5) is 12.7. The number of carbonyl (C=O) groups excluding carboxylic acids is 1. The topological polar surface area (TPSA) is 47.6 Å². The van der Waals surface area contributed by atoms with Crippen LogP contribution >= 0.6 is 11.6 Å². The van der Waals surface area contributed by atoms with Crippen LogP contribution in [0.4, 0.5) is 18.9 Å². The normalized spacial score (nSPS) is 11.2. The van der Waals surface area contributed by atoms with Gasteiger partial charge in [-0.2, -0.15) is 13.2 Å². The van der Waals surface area contributed by atoms with E-state index >= 15 is 0 Å². The Kier molecular flexibility index (Phi) is 7.30. The summed E-state index contributed by atoms with van der Waals surface area (Å²) in [5.74, 6) is 0.513. The Labute approximate surface area is 188 Å². The number of halogens is 4. The van der Waals surface area contributed by atoms with Gasteiger partial charge in [-0.15, -0.1) is 0 Å². The average Bonchev–Trinajstić information content (AvgIpc) is 2.74. The molecule has 0 unspecified atom stereocenters.